The van der Waals surface area contributed by atoms with Crippen LogP contribution in [-0.2, 0) is 16.1 Å². The van der Waals surface area contributed by atoms with Crippen LogP contribution in [0.2, 0.25) is 0 Å². The van der Waals surface area contributed by atoms with Crippen LogP contribution in [0.3, 0.4) is 0 Å². The molecule has 1 saturated heterocycles. The van der Waals surface area contributed by atoms with Gasteiger partial charge in [0.2, 0.25) is 0 Å². The van der Waals surface area contributed by atoms with Crippen molar-refractivity contribution in [1.29, 1.82) is 0 Å². The number of likely N-dealkylation sites (tertiary alicyclic amines) is 1. The molecule has 2 heterocycles. The van der Waals surface area contributed by atoms with E-state index in [9.17, 15) is 9.59 Å². The van der Waals surface area contributed by atoms with Crippen LogP contribution in [0, 0.1) is 12.8 Å². The minimum Gasteiger partial charge on any atom is -0.489 e. The number of carbonyl (C=O) groups excluding carboxylic acids is 2. The summed E-state index contributed by atoms with van der Waals surface area (Å²) in [5.74, 6) is 0.379. The van der Waals surface area contributed by atoms with Crippen LogP contribution in [0.4, 0.5) is 0 Å². The molecule has 0 saturated carbocycles. The molecule has 1 amide bonds. The fraction of sp³-hybridized carbons (Fsp3) is 0.429. The summed E-state index contributed by atoms with van der Waals surface area (Å²) < 4.78 is 10.9. The van der Waals surface area contributed by atoms with Crippen molar-refractivity contribution in [3.8, 4) is 5.75 Å². The molecule has 1 unspecified atom stereocenters. The van der Waals surface area contributed by atoms with Crippen molar-refractivity contribution < 1.29 is 19.1 Å². The first-order chi connectivity index (χ1) is 13.1. The van der Waals surface area contributed by atoms with Crippen LogP contribution >= 0.6 is 11.3 Å². The predicted molar refractivity (Wildman–Crippen MR) is 105 cm³/mol. The smallest absolute Gasteiger partial charge is 0.310 e. The molecule has 5 nitrogen and oxygen atoms in total. The maximum Gasteiger partial charge on any atom is 0.310 e. The van der Waals surface area contributed by atoms with Crippen LogP contribution in [0.5, 0.6) is 5.75 Å². The fourth-order valence-electron chi connectivity index (χ4n) is 3.13. The molecule has 1 aromatic carbocycles. The van der Waals surface area contributed by atoms with Gasteiger partial charge in [-0.05, 0) is 50.3 Å². The average molecular weight is 388 g/mol. The Morgan fingerprint density at radius 1 is 1.26 bits per heavy atom. The maximum absolute atomic E-state index is 12.8. The Hall–Kier alpha value is -2.34. The number of benzene rings is 1. The molecule has 1 atom stereocenters. The molecule has 1 aromatic heterocycles. The van der Waals surface area contributed by atoms with Crippen molar-refractivity contribution in [3.63, 3.8) is 0 Å². The maximum atomic E-state index is 12.8. The molecule has 144 valence electrons. The summed E-state index contributed by atoms with van der Waals surface area (Å²) in [7, 11) is 0. The van der Waals surface area contributed by atoms with Crippen molar-refractivity contribution in [2.75, 3.05) is 19.7 Å². The van der Waals surface area contributed by atoms with Gasteiger partial charge in [-0.1, -0.05) is 17.7 Å². The lowest BCUT2D eigenvalue weighted by molar-refractivity contribution is -0.149. The van der Waals surface area contributed by atoms with E-state index in [-0.39, 0.29) is 17.8 Å². The molecule has 1 fully saturated rings. The standard InChI is InChI=1S/C21H25NO4S/c1-3-25-21(24)17-5-4-10-22(12-17)20(23)19-11-16(14-27-19)13-26-18-8-6-15(2)7-9-18/h6-9,11,14,17H,3-5,10,12-13H2,1-2H3. The summed E-state index contributed by atoms with van der Waals surface area (Å²) in [4.78, 5) is 27.2. The largest absolute Gasteiger partial charge is 0.489 e. The van der Waals surface area contributed by atoms with E-state index < -0.39 is 0 Å². The van der Waals surface area contributed by atoms with Gasteiger partial charge in [0, 0.05) is 18.7 Å². The van der Waals surface area contributed by atoms with Crippen LogP contribution in [0.25, 0.3) is 0 Å². The number of esters is 1. The number of ether oxygens (including phenoxy) is 2. The molecule has 0 radical (unpaired) electrons. The minimum atomic E-state index is -0.216. The summed E-state index contributed by atoms with van der Waals surface area (Å²) in [6.45, 7) is 5.76. The second kappa shape index (κ2) is 9.04. The van der Waals surface area contributed by atoms with Gasteiger partial charge in [-0.3, -0.25) is 9.59 Å². The lowest BCUT2D eigenvalue weighted by atomic mass is 9.98. The molecule has 1 aliphatic heterocycles. The van der Waals surface area contributed by atoms with Crippen molar-refractivity contribution in [3.05, 3.63) is 51.7 Å². The van der Waals surface area contributed by atoms with E-state index >= 15 is 0 Å². The topological polar surface area (TPSA) is 55.8 Å². The molecule has 0 spiro atoms. The van der Waals surface area contributed by atoms with Gasteiger partial charge >= 0.3 is 5.97 Å². The highest BCUT2D eigenvalue weighted by Gasteiger charge is 2.30. The van der Waals surface area contributed by atoms with E-state index in [1.54, 1.807) is 11.8 Å². The number of piperidine rings is 1. The van der Waals surface area contributed by atoms with Gasteiger partial charge in [0.25, 0.3) is 5.91 Å². The second-order valence-corrected chi connectivity index (χ2v) is 7.67. The minimum absolute atomic E-state index is 0.0180. The monoisotopic (exact) mass is 387 g/mol. The van der Waals surface area contributed by atoms with Crippen LogP contribution < -0.4 is 4.74 Å². The first kappa shape index (κ1) is 19.4. The summed E-state index contributed by atoms with van der Waals surface area (Å²) >= 11 is 1.42. The van der Waals surface area contributed by atoms with Crippen LogP contribution in [0.1, 0.15) is 40.6 Å². The van der Waals surface area contributed by atoms with E-state index in [1.807, 2.05) is 42.6 Å². The van der Waals surface area contributed by atoms with E-state index in [0.29, 0.717) is 31.2 Å². The van der Waals surface area contributed by atoms with Crippen LogP contribution in [0.15, 0.2) is 35.7 Å². The van der Waals surface area contributed by atoms with Crippen molar-refractivity contribution in [1.82, 2.24) is 4.90 Å². The number of amides is 1. The first-order valence-corrected chi connectivity index (χ1v) is 10.2. The third kappa shape index (κ3) is 5.10. The molecule has 2 aromatic rings. The van der Waals surface area contributed by atoms with E-state index in [1.165, 1.54) is 16.9 Å². The van der Waals surface area contributed by atoms with Gasteiger partial charge in [0.05, 0.1) is 17.4 Å². The molecular weight excluding hydrogens is 362 g/mol. The van der Waals surface area contributed by atoms with Crippen LogP contribution in [-0.4, -0.2) is 36.5 Å². The molecule has 1 aliphatic rings. The summed E-state index contributed by atoms with van der Waals surface area (Å²) in [5.41, 5.74) is 2.16. The zero-order valence-electron chi connectivity index (χ0n) is 15.8. The number of rotatable bonds is 6. The number of carbonyl (C=O) groups is 2. The first-order valence-electron chi connectivity index (χ1n) is 9.29. The Morgan fingerprint density at radius 2 is 2.04 bits per heavy atom. The Morgan fingerprint density at radius 3 is 2.78 bits per heavy atom. The predicted octanol–water partition coefficient (Wildman–Crippen LogP) is 4.05. The Bertz CT molecular complexity index is 784. The third-order valence-corrected chi connectivity index (χ3v) is 5.59. The highest BCUT2D eigenvalue weighted by Crippen LogP contribution is 2.24. The SMILES string of the molecule is CCOC(=O)C1CCCN(C(=O)c2cc(COc3ccc(C)cc3)cs2)C1. The molecule has 27 heavy (non-hydrogen) atoms. The molecule has 0 N–H and O–H groups in total. The lowest BCUT2D eigenvalue weighted by Gasteiger charge is -2.31. The molecular formula is C21H25NO4S. The third-order valence-electron chi connectivity index (χ3n) is 4.62. The summed E-state index contributed by atoms with van der Waals surface area (Å²) in [6, 6.07) is 9.78. The summed E-state index contributed by atoms with van der Waals surface area (Å²) in [6.07, 6.45) is 1.60. The molecule has 0 bridgehead atoms. The van der Waals surface area contributed by atoms with Crippen molar-refractivity contribution >= 4 is 23.2 Å². The number of thiophene rings is 1. The second-order valence-electron chi connectivity index (χ2n) is 6.76. The molecule has 6 heteroatoms. The van der Waals surface area contributed by atoms with E-state index in [0.717, 1.165) is 24.2 Å². The van der Waals surface area contributed by atoms with Gasteiger partial charge in [-0.2, -0.15) is 0 Å². The number of hydrogen-bond donors (Lipinski definition) is 0. The molecule has 3 rings (SSSR count). The zero-order chi connectivity index (χ0) is 19.2. The number of aryl methyl sites for hydroxylation is 1. The van der Waals surface area contributed by atoms with E-state index in [2.05, 4.69) is 0 Å². The van der Waals surface area contributed by atoms with Crippen molar-refractivity contribution in [2.45, 2.75) is 33.3 Å². The average Bonchev–Trinajstić information content (AvgIpc) is 3.16. The van der Waals surface area contributed by atoms with E-state index in [4.69, 9.17) is 9.47 Å². The molecule has 0 aliphatic carbocycles. The van der Waals surface area contributed by atoms with Gasteiger partial charge in [0.15, 0.2) is 0 Å². The van der Waals surface area contributed by atoms with Gasteiger partial charge < -0.3 is 14.4 Å². The Balaban J connectivity index is 1.57. The highest BCUT2D eigenvalue weighted by molar-refractivity contribution is 7.12. The fourth-order valence-corrected chi connectivity index (χ4v) is 4.00. The lowest BCUT2D eigenvalue weighted by Crippen LogP contribution is -2.42. The highest BCUT2D eigenvalue weighted by atomic mass is 32.1. The number of hydrogen-bond acceptors (Lipinski definition) is 5. The van der Waals surface area contributed by atoms with Gasteiger partial charge in [-0.25, -0.2) is 0 Å². The Labute approximate surface area is 163 Å². The Kier molecular flexibility index (Phi) is 6.50. The normalized spacial score (nSPS) is 16.8. The zero-order valence-corrected chi connectivity index (χ0v) is 16.6. The quantitative estimate of drug-likeness (QED) is 0.702. The van der Waals surface area contributed by atoms with Gasteiger partial charge in [0.1, 0.15) is 12.4 Å². The van der Waals surface area contributed by atoms with Crippen molar-refractivity contribution in [2.24, 2.45) is 5.92 Å². The summed E-state index contributed by atoms with van der Waals surface area (Å²) in [5, 5.41) is 1.95. The van der Waals surface area contributed by atoms with Gasteiger partial charge in [-0.15, -0.1) is 11.3 Å². The number of nitrogens with zero attached hydrogens (tertiary/aromatic N) is 1.